The Hall–Kier alpha value is -2.05. The summed E-state index contributed by atoms with van der Waals surface area (Å²) in [4.78, 5) is 4.58. The van der Waals surface area contributed by atoms with Gasteiger partial charge in [0.1, 0.15) is 11.9 Å². The van der Waals surface area contributed by atoms with Crippen LogP contribution in [0.2, 0.25) is 0 Å². The van der Waals surface area contributed by atoms with Crippen LogP contribution in [0.5, 0.6) is 0 Å². The highest BCUT2D eigenvalue weighted by atomic mass is 79.9. The summed E-state index contributed by atoms with van der Waals surface area (Å²) in [5, 5.41) is 14.9. The average molecular weight is 430 g/mol. The van der Waals surface area contributed by atoms with Gasteiger partial charge >= 0.3 is 0 Å². The zero-order chi connectivity index (χ0) is 19.0. The molecule has 1 heterocycles. The number of aryl methyl sites for hydroxylation is 1. The van der Waals surface area contributed by atoms with Gasteiger partial charge < -0.3 is 5.11 Å². The number of fused-ring (bicyclic) bond motifs is 1. The van der Waals surface area contributed by atoms with Crippen LogP contribution >= 0.6 is 15.9 Å². The van der Waals surface area contributed by atoms with E-state index in [1.807, 2.05) is 19.1 Å². The third-order valence-electron chi connectivity index (χ3n) is 5.08. The first kappa shape index (κ1) is 18.3. The molecule has 0 amide bonds. The van der Waals surface area contributed by atoms with E-state index in [2.05, 4.69) is 32.1 Å². The molecule has 140 valence electrons. The number of rotatable bonds is 4. The number of aromatic nitrogens is 3. The van der Waals surface area contributed by atoms with Crippen molar-refractivity contribution < 1.29 is 9.50 Å². The topological polar surface area (TPSA) is 50.9 Å². The Kier molecular flexibility index (Phi) is 5.10. The van der Waals surface area contributed by atoms with Crippen molar-refractivity contribution in [1.82, 2.24) is 14.8 Å². The van der Waals surface area contributed by atoms with Crippen LogP contribution < -0.4 is 0 Å². The fourth-order valence-corrected chi connectivity index (χ4v) is 4.05. The Morgan fingerprint density at radius 3 is 2.85 bits per heavy atom. The van der Waals surface area contributed by atoms with E-state index in [0.29, 0.717) is 23.6 Å². The number of halogens is 2. The zero-order valence-electron chi connectivity index (χ0n) is 15.1. The largest absolute Gasteiger partial charge is 0.385 e. The van der Waals surface area contributed by atoms with Gasteiger partial charge in [-0.25, -0.2) is 14.1 Å². The van der Waals surface area contributed by atoms with E-state index >= 15 is 0 Å². The third-order valence-corrected chi connectivity index (χ3v) is 5.77. The van der Waals surface area contributed by atoms with Gasteiger partial charge in [-0.15, -0.1) is 5.10 Å². The van der Waals surface area contributed by atoms with E-state index in [1.165, 1.54) is 29.7 Å². The van der Waals surface area contributed by atoms with Crippen molar-refractivity contribution in [2.24, 2.45) is 0 Å². The SMILES string of the molecule is CCC(O)c1nc(-c2cc(F)ccc2Br)n(-c2cccc3c2CCCC3)n1. The van der Waals surface area contributed by atoms with Gasteiger partial charge in [0.15, 0.2) is 11.6 Å². The van der Waals surface area contributed by atoms with Crippen LogP contribution in [0.1, 0.15) is 49.2 Å². The van der Waals surface area contributed by atoms with Crippen LogP contribution in [0.4, 0.5) is 4.39 Å². The van der Waals surface area contributed by atoms with Crippen LogP contribution in [0.25, 0.3) is 17.1 Å². The molecule has 1 unspecified atom stereocenters. The second-order valence-corrected chi connectivity index (χ2v) is 7.73. The van der Waals surface area contributed by atoms with Gasteiger partial charge in [0.05, 0.1) is 5.69 Å². The normalized spacial score (nSPS) is 14.8. The molecular weight excluding hydrogens is 409 g/mol. The molecule has 4 nitrogen and oxygen atoms in total. The molecule has 0 radical (unpaired) electrons. The van der Waals surface area contributed by atoms with Gasteiger partial charge in [0, 0.05) is 10.0 Å². The molecule has 0 saturated carbocycles. The van der Waals surface area contributed by atoms with Crippen LogP contribution in [-0.2, 0) is 12.8 Å². The number of benzene rings is 2. The summed E-state index contributed by atoms with van der Waals surface area (Å²) in [6.07, 6.45) is 4.14. The van der Waals surface area contributed by atoms with Crippen molar-refractivity contribution in [2.75, 3.05) is 0 Å². The number of hydrogen-bond acceptors (Lipinski definition) is 3. The van der Waals surface area contributed by atoms with Gasteiger partial charge in [0.2, 0.25) is 0 Å². The molecule has 1 aliphatic rings. The minimum absolute atomic E-state index is 0.338. The summed E-state index contributed by atoms with van der Waals surface area (Å²) in [6, 6.07) is 10.7. The molecule has 1 atom stereocenters. The zero-order valence-corrected chi connectivity index (χ0v) is 16.7. The van der Waals surface area contributed by atoms with Gasteiger partial charge in [-0.3, -0.25) is 0 Å². The Labute approximate surface area is 166 Å². The van der Waals surface area contributed by atoms with Crippen LogP contribution in [0, 0.1) is 5.82 Å². The molecule has 3 aromatic rings. The Balaban J connectivity index is 1.95. The lowest BCUT2D eigenvalue weighted by atomic mass is 9.90. The summed E-state index contributed by atoms with van der Waals surface area (Å²) in [5.74, 6) is 0.551. The van der Waals surface area contributed by atoms with Crippen LogP contribution in [-0.4, -0.2) is 19.9 Å². The van der Waals surface area contributed by atoms with E-state index in [1.54, 1.807) is 10.7 Å². The molecule has 1 N–H and O–H groups in total. The second kappa shape index (κ2) is 7.52. The molecule has 0 aliphatic heterocycles. The number of aliphatic hydroxyl groups excluding tert-OH is 1. The standard InChI is InChI=1S/C21H21BrFN3O/c1-2-19(27)20-24-21(16-12-14(23)10-11-17(16)22)26(25-20)18-9-5-7-13-6-3-4-8-15(13)18/h5,7,9-12,19,27H,2-4,6,8H2,1H3. The first-order valence-corrected chi connectivity index (χ1v) is 10.1. The van der Waals surface area contributed by atoms with Gasteiger partial charge in [-0.05, 0) is 67.5 Å². The molecule has 2 aromatic carbocycles. The van der Waals surface area contributed by atoms with E-state index in [-0.39, 0.29) is 5.82 Å². The molecule has 0 saturated heterocycles. The lowest BCUT2D eigenvalue weighted by Gasteiger charge is -2.20. The van der Waals surface area contributed by atoms with Crippen molar-refractivity contribution in [2.45, 2.75) is 45.1 Å². The summed E-state index contributed by atoms with van der Waals surface area (Å²) >= 11 is 3.50. The molecule has 1 aliphatic carbocycles. The first-order valence-electron chi connectivity index (χ1n) is 9.30. The Morgan fingerprint density at radius 1 is 1.22 bits per heavy atom. The Bertz CT molecular complexity index is 986. The monoisotopic (exact) mass is 429 g/mol. The maximum absolute atomic E-state index is 13.9. The molecule has 27 heavy (non-hydrogen) atoms. The number of nitrogens with zero attached hydrogens (tertiary/aromatic N) is 3. The van der Waals surface area contributed by atoms with Crippen LogP contribution in [0.3, 0.4) is 0 Å². The van der Waals surface area contributed by atoms with E-state index < -0.39 is 6.10 Å². The molecule has 1 aromatic heterocycles. The van der Waals surface area contributed by atoms with Gasteiger partial charge in [-0.1, -0.05) is 35.0 Å². The highest BCUT2D eigenvalue weighted by Gasteiger charge is 2.23. The van der Waals surface area contributed by atoms with Crippen molar-refractivity contribution >= 4 is 15.9 Å². The molecule has 6 heteroatoms. The fourth-order valence-electron chi connectivity index (χ4n) is 3.62. The lowest BCUT2D eigenvalue weighted by molar-refractivity contribution is 0.164. The van der Waals surface area contributed by atoms with E-state index in [9.17, 15) is 9.50 Å². The van der Waals surface area contributed by atoms with Crippen molar-refractivity contribution in [1.29, 1.82) is 0 Å². The second-order valence-electron chi connectivity index (χ2n) is 6.88. The summed E-state index contributed by atoms with van der Waals surface area (Å²) < 4.78 is 16.4. The average Bonchev–Trinajstić information content (AvgIpc) is 3.13. The summed E-state index contributed by atoms with van der Waals surface area (Å²) in [6.45, 7) is 1.88. The highest BCUT2D eigenvalue weighted by Crippen LogP contribution is 2.33. The highest BCUT2D eigenvalue weighted by molar-refractivity contribution is 9.10. The van der Waals surface area contributed by atoms with E-state index in [4.69, 9.17) is 0 Å². The number of hydrogen-bond donors (Lipinski definition) is 1. The van der Waals surface area contributed by atoms with Crippen molar-refractivity contribution in [3.8, 4) is 17.1 Å². The quantitative estimate of drug-likeness (QED) is 0.622. The first-order chi connectivity index (χ1) is 13.1. The molecule has 0 fully saturated rings. The maximum atomic E-state index is 13.9. The summed E-state index contributed by atoms with van der Waals surface area (Å²) in [5.41, 5.74) is 4.17. The summed E-state index contributed by atoms with van der Waals surface area (Å²) in [7, 11) is 0. The Morgan fingerprint density at radius 2 is 2.04 bits per heavy atom. The van der Waals surface area contributed by atoms with Gasteiger partial charge in [0.25, 0.3) is 0 Å². The maximum Gasteiger partial charge on any atom is 0.180 e. The number of aliphatic hydroxyl groups is 1. The van der Waals surface area contributed by atoms with E-state index in [0.717, 1.165) is 29.4 Å². The molecule has 0 bridgehead atoms. The molecule has 4 rings (SSSR count). The molecular formula is C21H21BrFN3O. The predicted molar refractivity (Wildman–Crippen MR) is 106 cm³/mol. The lowest BCUT2D eigenvalue weighted by Crippen LogP contribution is -2.10. The minimum atomic E-state index is -0.753. The fraction of sp³-hybridized carbons (Fsp3) is 0.333. The third kappa shape index (κ3) is 3.44. The van der Waals surface area contributed by atoms with Crippen LogP contribution in [0.15, 0.2) is 40.9 Å². The molecule has 0 spiro atoms. The van der Waals surface area contributed by atoms with Crippen molar-refractivity contribution in [3.05, 3.63) is 63.6 Å². The van der Waals surface area contributed by atoms with Gasteiger partial charge in [-0.2, -0.15) is 0 Å². The smallest absolute Gasteiger partial charge is 0.180 e. The predicted octanol–water partition coefficient (Wildman–Crippen LogP) is 5.16. The minimum Gasteiger partial charge on any atom is -0.385 e. The van der Waals surface area contributed by atoms with Crippen molar-refractivity contribution in [3.63, 3.8) is 0 Å².